The number of rotatable bonds is 2. The second-order valence-electron chi connectivity index (χ2n) is 3.83. The van der Waals surface area contributed by atoms with Crippen LogP contribution in [0.3, 0.4) is 0 Å². The van der Waals surface area contributed by atoms with Crippen LogP contribution in [0.2, 0.25) is 0 Å². The number of hydrogen-bond donors (Lipinski definition) is 2. The number of amides is 1. The lowest BCUT2D eigenvalue weighted by atomic mass is 10.1. The molecule has 2 rings (SSSR count). The van der Waals surface area contributed by atoms with Gasteiger partial charge in [-0.15, -0.1) is 0 Å². The van der Waals surface area contributed by atoms with Crippen molar-refractivity contribution >= 4 is 5.91 Å². The van der Waals surface area contributed by atoms with Gasteiger partial charge < -0.3 is 15.5 Å². The van der Waals surface area contributed by atoms with Crippen LogP contribution in [0.1, 0.15) is 6.42 Å². The van der Waals surface area contributed by atoms with Crippen LogP contribution in [0.25, 0.3) is 0 Å². The number of hydrogen-bond acceptors (Lipinski definition) is 3. The fourth-order valence-electron chi connectivity index (χ4n) is 2.02. The van der Waals surface area contributed by atoms with Crippen LogP contribution in [0.15, 0.2) is 0 Å². The summed E-state index contributed by atoms with van der Waals surface area (Å²) in [5.41, 5.74) is 0. The zero-order valence-electron chi connectivity index (χ0n) is 7.88. The zero-order valence-corrected chi connectivity index (χ0v) is 7.88. The summed E-state index contributed by atoms with van der Waals surface area (Å²) in [6.07, 6.45) is 1.02. The fourth-order valence-corrected chi connectivity index (χ4v) is 2.02. The lowest BCUT2D eigenvalue weighted by Gasteiger charge is -2.28. The van der Waals surface area contributed by atoms with E-state index in [4.69, 9.17) is 0 Å². The Morgan fingerprint density at radius 1 is 1.31 bits per heavy atom. The molecule has 2 aliphatic heterocycles. The molecule has 2 heterocycles. The summed E-state index contributed by atoms with van der Waals surface area (Å²) in [7, 11) is 0. The molecule has 1 atom stereocenters. The van der Waals surface area contributed by atoms with Crippen molar-refractivity contribution in [3.63, 3.8) is 0 Å². The quantitative estimate of drug-likeness (QED) is 0.579. The molecule has 2 N–H and O–H groups in total. The Balaban J connectivity index is 1.79. The molecule has 0 saturated carbocycles. The van der Waals surface area contributed by atoms with E-state index in [-0.39, 0.29) is 11.8 Å². The molecule has 2 fully saturated rings. The van der Waals surface area contributed by atoms with Crippen LogP contribution in [0, 0.1) is 5.92 Å². The van der Waals surface area contributed by atoms with Crippen LogP contribution in [0.4, 0.5) is 0 Å². The van der Waals surface area contributed by atoms with E-state index in [1.54, 1.807) is 0 Å². The predicted molar refractivity (Wildman–Crippen MR) is 50.4 cm³/mol. The average Bonchev–Trinajstić information content (AvgIpc) is 2.54. The average molecular weight is 183 g/mol. The van der Waals surface area contributed by atoms with Crippen LogP contribution in [0.5, 0.6) is 0 Å². The van der Waals surface area contributed by atoms with Crippen molar-refractivity contribution in [1.29, 1.82) is 0 Å². The second kappa shape index (κ2) is 4.07. The molecule has 0 radical (unpaired) electrons. The number of nitrogens with zero attached hydrogens (tertiary/aromatic N) is 1. The first-order valence-corrected chi connectivity index (χ1v) is 5.07. The smallest absolute Gasteiger partial charge is 0.224 e. The maximum atomic E-state index is 11.3. The third-order valence-corrected chi connectivity index (χ3v) is 2.85. The molecule has 0 aromatic carbocycles. The maximum absolute atomic E-state index is 11.3. The van der Waals surface area contributed by atoms with Gasteiger partial charge in [0.15, 0.2) is 0 Å². The first kappa shape index (κ1) is 8.97. The highest BCUT2D eigenvalue weighted by atomic mass is 16.2. The van der Waals surface area contributed by atoms with Crippen molar-refractivity contribution < 1.29 is 4.79 Å². The molecular formula is C9H17N3O. The summed E-state index contributed by atoms with van der Waals surface area (Å²) in [6, 6.07) is 0. The van der Waals surface area contributed by atoms with Crippen molar-refractivity contribution in [3.05, 3.63) is 0 Å². The summed E-state index contributed by atoms with van der Waals surface area (Å²) in [6.45, 7) is 6.12. The SMILES string of the molecule is O=C1NCCC1CN1CCNCC1. The van der Waals surface area contributed by atoms with Gasteiger partial charge in [0.25, 0.3) is 0 Å². The minimum atomic E-state index is 0.248. The van der Waals surface area contributed by atoms with E-state index in [2.05, 4.69) is 15.5 Å². The molecule has 0 aliphatic carbocycles. The van der Waals surface area contributed by atoms with E-state index in [0.29, 0.717) is 0 Å². The third kappa shape index (κ3) is 2.19. The minimum Gasteiger partial charge on any atom is -0.356 e. The predicted octanol–water partition coefficient (Wildman–Crippen LogP) is -0.972. The van der Waals surface area contributed by atoms with Crippen molar-refractivity contribution in [2.45, 2.75) is 6.42 Å². The van der Waals surface area contributed by atoms with E-state index < -0.39 is 0 Å². The van der Waals surface area contributed by atoms with Crippen LogP contribution < -0.4 is 10.6 Å². The molecule has 0 aromatic rings. The summed E-state index contributed by atoms with van der Waals surface area (Å²) < 4.78 is 0. The molecule has 0 aromatic heterocycles. The minimum absolute atomic E-state index is 0.248. The normalized spacial score (nSPS) is 30.5. The van der Waals surface area contributed by atoms with Gasteiger partial charge in [-0.1, -0.05) is 0 Å². The van der Waals surface area contributed by atoms with Gasteiger partial charge in [-0.3, -0.25) is 4.79 Å². The van der Waals surface area contributed by atoms with Gasteiger partial charge in [-0.05, 0) is 6.42 Å². The van der Waals surface area contributed by atoms with Gasteiger partial charge in [0, 0.05) is 39.3 Å². The van der Waals surface area contributed by atoms with Crippen molar-refractivity contribution in [1.82, 2.24) is 15.5 Å². The highest BCUT2D eigenvalue weighted by Gasteiger charge is 2.26. The van der Waals surface area contributed by atoms with Crippen molar-refractivity contribution in [2.24, 2.45) is 5.92 Å². The van der Waals surface area contributed by atoms with Crippen LogP contribution in [-0.2, 0) is 4.79 Å². The highest BCUT2D eigenvalue weighted by Crippen LogP contribution is 2.11. The zero-order chi connectivity index (χ0) is 9.10. The summed E-state index contributed by atoms with van der Waals surface area (Å²) in [5.74, 6) is 0.497. The first-order chi connectivity index (χ1) is 6.36. The molecule has 2 aliphatic rings. The van der Waals surface area contributed by atoms with Gasteiger partial charge in [0.1, 0.15) is 0 Å². The van der Waals surface area contributed by atoms with E-state index >= 15 is 0 Å². The number of nitrogens with one attached hydrogen (secondary N) is 2. The van der Waals surface area contributed by atoms with Crippen LogP contribution >= 0.6 is 0 Å². The Morgan fingerprint density at radius 2 is 2.08 bits per heavy atom. The van der Waals surface area contributed by atoms with Gasteiger partial charge >= 0.3 is 0 Å². The Morgan fingerprint density at radius 3 is 2.69 bits per heavy atom. The van der Waals surface area contributed by atoms with E-state index in [1.807, 2.05) is 0 Å². The molecule has 13 heavy (non-hydrogen) atoms. The summed E-state index contributed by atoms with van der Waals surface area (Å²) >= 11 is 0. The third-order valence-electron chi connectivity index (χ3n) is 2.85. The van der Waals surface area contributed by atoms with E-state index in [0.717, 1.165) is 45.7 Å². The molecule has 4 nitrogen and oxygen atoms in total. The molecule has 2 saturated heterocycles. The summed E-state index contributed by atoms with van der Waals surface area (Å²) in [5, 5.41) is 6.19. The Labute approximate surface area is 78.7 Å². The molecule has 4 heteroatoms. The largest absolute Gasteiger partial charge is 0.356 e. The molecule has 74 valence electrons. The Bertz CT molecular complexity index is 189. The van der Waals surface area contributed by atoms with E-state index in [1.165, 1.54) is 0 Å². The second-order valence-corrected chi connectivity index (χ2v) is 3.83. The Kier molecular flexibility index (Phi) is 2.80. The topological polar surface area (TPSA) is 44.4 Å². The number of carbonyl (C=O) groups excluding carboxylic acids is 1. The first-order valence-electron chi connectivity index (χ1n) is 5.07. The molecule has 0 spiro atoms. The standard InChI is InChI=1S/C9H17N3O/c13-9-8(1-2-11-9)7-12-5-3-10-4-6-12/h8,10H,1-7H2,(H,11,13). The lowest BCUT2D eigenvalue weighted by Crippen LogP contribution is -2.46. The van der Waals surface area contributed by atoms with E-state index in [9.17, 15) is 4.79 Å². The highest BCUT2D eigenvalue weighted by molar-refractivity contribution is 5.80. The lowest BCUT2D eigenvalue weighted by molar-refractivity contribution is -0.123. The molecular weight excluding hydrogens is 166 g/mol. The number of carbonyl (C=O) groups is 1. The maximum Gasteiger partial charge on any atom is 0.224 e. The molecule has 1 unspecified atom stereocenters. The summed E-state index contributed by atoms with van der Waals surface area (Å²) in [4.78, 5) is 13.7. The van der Waals surface area contributed by atoms with Crippen LogP contribution in [-0.4, -0.2) is 50.1 Å². The molecule has 1 amide bonds. The van der Waals surface area contributed by atoms with Gasteiger partial charge in [-0.2, -0.15) is 0 Å². The van der Waals surface area contributed by atoms with Gasteiger partial charge in [-0.25, -0.2) is 0 Å². The Hall–Kier alpha value is -0.610. The van der Waals surface area contributed by atoms with Crippen molar-refractivity contribution in [2.75, 3.05) is 39.3 Å². The fraction of sp³-hybridized carbons (Fsp3) is 0.889. The number of piperazine rings is 1. The monoisotopic (exact) mass is 183 g/mol. The molecule has 0 bridgehead atoms. The van der Waals surface area contributed by atoms with Gasteiger partial charge in [0.2, 0.25) is 5.91 Å². The van der Waals surface area contributed by atoms with Crippen molar-refractivity contribution in [3.8, 4) is 0 Å². The van der Waals surface area contributed by atoms with Gasteiger partial charge in [0.05, 0.1) is 5.92 Å².